The standard InChI is InChI=1S/C23H24ClNO2/c1-3-17-9-11-20(12-10-17)25-15-19-13-21(24)23(22(14-19)26-2)27-16-18-7-5-4-6-8-18/h4-14,25H,3,15-16H2,1-2H3. The van der Waals surface area contributed by atoms with Crippen LogP contribution >= 0.6 is 11.6 Å². The minimum Gasteiger partial charge on any atom is -0.493 e. The highest BCUT2D eigenvalue weighted by Gasteiger charge is 2.12. The Balaban J connectivity index is 1.69. The van der Waals surface area contributed by atoms with Crippen LogP contribution in [0.25, 0.3) is 0 Å². The van der Waals surface area contributed by atoms with E-state index in [9.17, 15) is 0 Å². The lowest BCUT2D eigenvalue weighted by Gasteiger charge is -2.15. The van der Waals surface area contributed by atoms with Gasteiger partial charge in [0.2, 0.25) is 0 Å². The number of methoxy groups -OCH3 is 1. The molecule has 1 N–H and O–H groups in total. The average Bonchev–Trinajstić information content (AvgIpc) is 2.72. The molecule has 0 spiro atoms. The van der Waals surface area contributed by atoms with Gasteiger partial charge >= 0.3 is 0 Å². The molecule has 0 aromatic heterocycles. The Labute approximate surface area is 165 Å². The van der Waals surface area contributed by atoms with E-state index in [-0.39, 0.29) is 0 Å². The Morgan fingerprint density at radius 2 is 1.63 bits per heavy atom. The molecule has 0 heterocycles. The van der Waals surface area contributed by atoms with Crippen molar-refractivity contribution in [3.05, 3.63) is 88.4 Å². The van der Waals surface area contributed by atoms with Crippen LogP contribution in [-0.2, 0) is 19.6 Å². The molecule has 0 aliphatic heterocycles. The van der Waals surface area contributed by atoms with Crippen molar-refractivity contribution in [3.63, 3.8) is 0 Å². The fourth-order valence-corrected chi connectivity index (χ4v) is 3.10. The minimum absolute atomic E-state index is 0.443. The van der Waals surface area contributed by atoms with Crippen molar-refractivity contribution < 1.29 is 9.47 Å². The van der Waals surface area contributed by atoms with Crippen LogP contribution in [0, 0.1) is 0 Å². The van der Waals surface area contributed by atoms with Crippen LogP contribution in [0.1, 0.15) is 23.6 Å². The lowest BCUT2D eigenvalue weighted by Crippen LogP contribution is -2.02. The van der Waals surface area contributed by atoms with Crippen molar-refractivity contribution in [1.29, 1.82) is 0 Å². The quantitative estimate of drug-likeness (QED) is 0.511. The summed E-state index contributed by atoms with van der Waals surface area (Å²) in [5.41, 5.74) is 4.51. The van der Waals surface area contributed by atoms with E-state index in [1.807, 2.05) is 42.5 Å². The second-order valence-electron chi connectivity index (χ2n) is 6.29. The zero-order chi connectivity index (χ0) is 19.1. The molecular formula is C23H24ClNO2. The maximum absolute atomic E-state index is 6.47. The van der Waals surface area contributed by atoms with Crippen molar-refractivity contribution in [3.8, 4) is 11.5 Å². The van der Waals surface area contributed by atoms with Crippen molar-refractivity contribution in [1.82, 2.24) is 0 Å². The van der Waals surface area contributed by atoms with Gasteiger partial charge in [-0.05, 0) is 47.4 Å². The molecule has 0 amide bonds. The first kappa shape index (κ1) is 19.1. The Kier molecular flexibility index (Phi) is 6.61. The molecule has 0 saturated carbocycles. The summed E-state index contributed by atoms with van der Waals surface area (Å²) in [6.45, 7) is 3.25. The number of anilines is 1. The number of halogens is 1. The highest BCUT2D eigenvalue weighted by Crippen LogP contribution is 2.37. The molecule has 0 unspecified atom stereocenters. The Hall–Kier alpha value is -2.65. The van der Waals surface area contributed by atoms with E-state index in [0.29, 0.717) is 29.7 Å². The highest BCUT2D eigenvalue weighted by molar-refractivity contribution is 6.32. The van der Waals surface area contributed by atoms with E-state index in [4.69, 9.17) is 21.1 Å². The summed E-state index contributed by atoms with van der Waals surface area (Å²) in [6, 6.07) is 22.3. The van der Waals surface area contributed by atoms with Crippen molar-refractivity contribution in [2.24, 2.45) is 0 Å². The Morgan fingerprint density at radius 1 is 0.889 bits per heavy atom. The number of hydrogen-bond donors (Lipinski definition) is 1. The van der Waals surface area contributed by atoms with Crippen LogP contribution in [-0.4, -0.2) is 7.11 Å². The fraction of sp³-hybridized carbons (Fsp3) is 0.217. The predicted molar refractivity (Wildman–Crippen MR) is 112 cm³/mol. The first-order valence-corrected chi connectivity index (χ1v) is 9.43. The highest BCUT2D eigenvalue weighted by atomic mass is 35.5. The second-order valence-corrected chi connectivity index (χ2v) is 6.69. The second kappa shape index (κ2) is 9.33. The minimum atomic E-state index is 0.443. The van der Waals surface area contributed by atoms with Gasteiger partial charge < -0.3 is 14.8 Å². The molecule has 0 saturated heterocycles. The van der Waals surface area contributed by atoms with Crippen LogP contribution < -0.4 is 14.8 Å². The number of rotatable bonds is 8. The predicted octanol–water partition coefficient (Wildman–Crippen LogP) is 6.10. The lowest BCUT2D eigenvalue weighted by molar-refractivity contribution is 0.284. The smallest absolute Gasteiger partial charge is 0.180 e. The van der Waals surface area contributed by atoms with E-state index in [1.54, 1.807) is 7.11 Å². The molecule has 0 aliphatic carbocycles. The number of aryl methyl sites for hydroxylation is 1. The van der Waals surface area contributed by atoms with Crippen LogP contribution in [0.2, 0.25) is 5.02 Å². The average molecular weight is 382 g/mol. The van der Waals surface area contributed by atoms with Crippen LogP contribution in [0.3, 0.4) is 0 Å². The van der Waals surface area contributed by atoms with Gasteiger partial charge in [0.15, 0.2) is 11.5 Å². The summed E-state index contributed by atoms with van der Waals surface area (Å²) in [6.07, 6.45) is 1.04. The van der Waals surface area contributed by atoms with Gasteiger partial charge in [-0.3, -0.25) is 0 Å². The Bertz CT molecular complexity index is 864. The third-order valence-electron chi connectivity index (χ3n) is 4.37. The van der Waals surface area contributed by atoms with Gasteiger partial charge in [0, 0.05) is 12.2 Å². The topological polar surface area (TPSA) is 30.5 Å². The van der Waals surface area contributed by atoms with E-state index in [1.165, 1.54) is 5.56 Å². The number of nitrogens with one attached hydrogen (secondary N) is 1. The van der Waals surface area contributed by atoms with Gasteiger partial charge in [-0.15, -0.1) is 0 Å². The molecule has 0 radical (unpaired) electrons. The van der Waals surface area contributed by atoms with Crippen LogP contribution in [0.5, 0.6) is 11.5 Å². The lowest BCUT2D eigenvalue weighted by atomic mass is 10.1. The van der Waals surface area contributed by atoms with Crippen LogP contribution in [0.15, 0.2) is 66.7 Å². The molecule has 0 fully saturated rings. The van der Waals surface area contributed by atoms with Crippen molar-refractivity contribution in [2.45, 2.75) is 26.5 Å². The van der Waals surface area contributed by atoms with E-state index in [2.05, 4.69) is 36.5 Å². The first-order chi connectivity index (χ1) is 13.2. The van der Waals surface area contributed by atoms with E-state index < -0.39 is 0 Å². The van der Waals surface area contributed by atoms with E-state index in [0.717, 1.165) is 23.2 Å². The first-order valence-electron chi connectivity index (χ1n) is 9.05. The molecule has 0 atom stereocenters. The third-order valence-corrected chi connectivity index (χ3v) is 4.65. The molecule has 0 aliphatic rings. The third kappa shape index (κ3) is 5.18. The monoisotopic (exact) mass is 381 g/mol. The molecule has 140 valence electrons. The molecule has 27 heavy (non-hydrogen) atoms. The van der Waals surface area contributed by atoms with Gasteiger partial charge in [0.1, 0.15) is 6.61 Å². The van der Waals surface area contributed by atoms with Gasteiger partial charge in [0.05, 0.1) is 12.1 Å². The summed E-state index contributed by atoms with van der Waals surface area (Å²) in [5, 5.41) is 3.96. The summed E-state index contributed by atoms with van der Waals surface area (Å²) in [4.78, 5) is 0. The largest absolute Gasteiger partial charge is 0.493 e. The zero-order valence-corrected chi connectivity index (χ0v) is 16.4. The van der Waals surface area contributed by atoms with Crippen molar-refractivity contribution >= 4 is 17.3 Å². The van der Waals surface area contributed by atoms with Gasteiger partial charge in [-0.1, -0.05) is 61.0 Å². The number of hydrogen-bond acceptors (Lipinski definition) is 3. The molecule has 3 nitrogen and oxygen atoms in total. The SMILES string of the molecule is CCc1ccc(NCc2cc(Cl)c(OCc3ccccc3)c(OC)c2)cc1. The summed E-state index contributed by atoms with van der Waals surface area (Å²) in [7, 11) is 1.63. The zero-order valence-electron chi connectivity index (χ0n) is 15.7. The summed E-state index contributed by atoms with van der Waals surface area (Å²) >= 11 is 6.47. The van der Waals surface area contributed by atoms with E-state index >= 15 is 0 Å². The van der Waals surface area contributed by atoms with Gasteiger partial charge in [0.25, 0.3) is 0 Å². The molecule has 3 aromatic carbocycles. The normalized spacial score (nSPS) is 10.5. The fourth-order valence-electron chi connectivity index (χ4n) is 2.81. The molecule has 3 aromatic rings. The summed E-state index contributed by atoms with van der Waals surface area (Å²) < 4.78 is 11.4. The Morgan fingerprint density at radius 3 is 2.30 bits per heavy atom. The van der Waals surface area contributed by atoms with Crippen LogP contribution in [0.4, 0.5) is 5.69 Å². The molecule has 3 rings (SSSR count). The molecular weight excluding hydrogens is 358 g/mol. The molecule has 4 heteroatoms. The maximum Gasteiger partial charge on any atom is 0.180 e. The number of ether oxygens (including phenoxy) is 2. The maximum atomic E-state index is 6.47. The van der Waals surface area contributed by atoms with Gasteiger partial charge in [-0.25, -0.2) is 0 Å². The number of benzene rings is 3. The van der Waals surface area contributed by atoms with Gasteiger partial charge in [-0.2, -0.15) is 0 Å². The van der Waals surface area contributed by atoms with Crippen molar-refractivity contribution in [2.75, 3.05) is 12.4 Å². The summed E-state index contributed by atoms with van der Waals surface area (Å²) in [5.74, 6) is 1.20. The molecule has 0 bridgehead atoms.